The number of nitrogens with zero attached hydrogens (tertiary/aromatic N) is 4. The van der Waals surface area contributed by atoms with Crippen molar-refractivity contribution in [2.45, 2.75) is 0 Å². The maximum absolute atomic E-state index is 5.37. The minimum absolute atomic E-state index is 0.944. The van der Waals surface area contributed by atoms with Gasteiger partial charge in [0.2, 0.25) is 0 Å². The molecular weight excluding hydrogens is 560 g/mol. The Hall–Kier alpha value is -6.26. The van der Waals surface area contributed by atoms with E-state index in [-0.39, 0.29) is 0 Å². The zero-order valence-electron chi connectivity index (χ0n) is 24.8. The van der Waals surface area contributed by atoms with Gasteiger partial charge in [0, 0.05) is 74.6 Å². The van der Waals surface area contributed by atoms with E-state index in [2.05, 4.69) is 113 Å². The molecule has 4 aromatic heterocycles. The van der Waals surface area contributed by atoms with Crippen molar-refractivity contribution in [2.24, 2.45) is 0 Å². The van der Waals surface area contributed by atoms with E-state index in [1.54, 1.807) is 12.4 Å². The van der Waals surface area contributed by atoms with Crippen LogP contribution in [0.4, 0.5) is 0 Å². The van der Waals surface area contributed by atoms with Gasteiger partial charge in [-0.1, -0.05) is 84.9 Å². The third-order valence-corrected chi connectivity index (χ3v) is 8.81. The fourth-order valence-corrected chi connectivity index (χ4v) is 6.64. The molecule has 4 heterocycles. The second-order valence-corrected chi connectivity index (χ2v) is 11.6. The van der Waals surface area contributed by atoms with Crippen LogP contribution in [0.25, 0.3) is 88.0 Å². The standard InChI is InChI=1S/C42H26N4/c1-2-7-28(8-3-1)41-37-17-14-27-12-13-29-9-6-20-45-42(29)39(27)40(37)36-16-15-30(24-38(36)46-41)33-21-34(31-10-4-18-43-25-31)23-35(22-33)32-11-5-19-44-26-32/h1-26H. The zero-order chi connectivity index (χ0) is 30.5. The third-order valence-electron chi connectivity index (χ3n) is 8.81. The fraction of sp³-hybridized carbons (Fsp3) is 0. The van der Waals surface area contributed by atoms with Crippen LogP contribution in [-0.2, 0) is 0 Å². The SMILES string of the molecule is c1ccc(-c2nc3cc(-c4cc(-c5cccnc5)cc(-c5cccnc5)c4)ccc3c3c2ccc2ccc4cccnc4c23)cc1. The predicted molar refractivity (Wildman–Crippen MR) is 189 cm³/mol. The lowest BCUT2D eigenvalue weighted by Gasteiger charge is -2.15. The van der Waals surface area contributed by atoms with Crippen LogP contribution in [0.3, 0.4) is 0 Å². The van der Waals surface area contributed by atoms with Crippen molar-refractivity contribution in [3.8, 4) is 44.6 Å². The highest BCUT2D eigenvalue weighted by molar-refractivity contribution is 6.28. The molecule has 0 atom stereocenters. The summed E-state index contributed by atoms with van der Waals surface area (Å²) in [6, 6.07) is 44.9. The van der Waals surface area contributed by atoms with Gasteiger partial charge in [-0.15, -0.1) is 0 Å². The molecule has 5 aromatic carbocycles. The molecular formula is C42H26N4. The zero-order valence-corrected chi connectivity index (χ0v) is 24.8. The van der Waals surface area contributed by atoms with E-state index in [0.29, 0.717) is 0 Å². The second kappa shape index (κ2) is 10.7. The van der Waals surface area contributed by atoms with Crippen molar-refractivity contribution < 1.29 is 0 Å². The van der Waals surface area contributed by atoms with Crippen molar-refractivity contribution >= 4 is 43.4 Å². The molecule has 0 aliphatic heterocycles. The van der Waals surface area contributed by atoms with Crippen LogP contribution in [0.5, 0.6) is 0 Å². The average molecular weight is 587 g/mol. The van der Waals surface area contributed by atoms with Gasteiger partial charge < -0.3 is 0 Å². The van der Waals surface area contributed by atoms with Gasteiger partial charge in [-0.25, -0.2) is 4.98 Å². The highest BCUT2D eigenvalue weighted by Crippen LogP contribution is 2.41. The molecule has 0 saturated carbocycles. The summed E-state index contributed by atoms with van der Waals surface area (Å²) in [6.45, 7) is 0. The molecule has 0 bridgehead atoms. The smallest absolute Gasteiger partial charge is 0.0788 e. The van der Waals surface area contributed by atoms with Gasteiger partial charge in [0.15, 0.2) is 0 Å². The molecule has 0 aliphatic carbocycles. The Morgan fingerprint density at radius 2 is 1.02 bits per heavy atom. The predicted octanol–water partition coefficient (Wildman–Crippen LogP) is 10.5. The molecule has 0 spiro atoms. The van der Waals surface area contributed by atoms with Gasteiger partial charge in [-0.2, -0.15) is 0 Å². The van der Waals surface area contributed by atoms with Crippen molar-refractivity contribution in [3.05, 3.63) is 158 Å². The van der Waals surface area contributed by atoms with E-state index in [1.165, 1.54) is 10.8 Å². The quantitative estimate of drug-likeness (QED) is 0.193. The van der Waals surface area contributed by atoms with Crippen molar-refractivity contribution in [1.29, 1.82) is 0 Å². The van der Waals surface area contributed by atoms with Gasteiger partial charge in [-0.05, 0) is 70.1 Å². The summed E-state index contributed by atoms with van der Waals surface area (Å²) in [4.78, 5) is 19.0. The van der Waals surface area contributed by atoms with Gasteiger partial charge in [-0.3, -0.25) is 15.0 Å². The number of hydrogen-bond donors (Lipinski definition) is 0. The summed E-state index contributed by atoms with van der Waals surface area (Å²) in [7, 11) is 0. The Balaban J connectivity index is 1.35. The lowest BCUT2D eigenvalue weighted by molar-refractivity contribution is 1.32. The van der Waals surface area contributed by atoms with Crippen LogP contribution in [0.1, 0.15) is 0 Å². The number of aromatic nitrogens is 4. The van der Waals surface area contributed by atoms with Gasteiger partial charge in [0.1, 0.15) is 0 Å². The first kappa shape index (κ1) is 26.2. The monoisotopic (exact) mass is 586 g/mol. The fourth-order valence-electron chi connectivity index (χ4n) is 6.64. The van der Waals surface area contributed by atoms with E-state index >= 15 is 0 Å². The molecule has 0 fully saturated rings. The van der Waals surface area contributed by atoms with Crippen LogP contribution < -0.4 is 0 Å². The number of fused-ring (bicyclic) bond motifs is 7. The van der Waals surface area contributed by atoms with Gasteiger partial charge in [0.25, 0.3) is 0 Å². The number of rotatable bonds is 4. The Morgan fingerprint density at radius 1 is 0.391 bits per heavy atom. The Morgan fingerprint density at radius 3 is 1.74 bits per heavy atom. The van der Waals surface area contributed by atoms with Crippen LogP contribution >= 0.6 is 0 Å². The average Bonchev–Trinajstić information content (AvgIpc) is 3.14. The van der Waals surface area contributed by atoms with E-state index in [4.69, 9.17) is 9.97 Å². The highest BCUT2D eigenvalue weighted by atomic mass is 14.7. The van der Waals surface area contributed by atoms with Crippen LogP contribution in [0, 0.1) is 0 Å². The first-order valence-electron chi connectivity index (χ1n) is 15.4. The molecule has 4 nitrogen and oxygen atoms in total. The molecule has 9 rings (SSSR count). The van der Waals surface area contributed by atoms with Crippen LogP contribution in [-0.4, -0.2) is 19.9 Å². The Kier molecular flexibility index (Phi) is 6.10. The summed E-state index contributed by atoms with van der Waals surface area (Å²) >= 11 is 0. The van der Waals surface area contributed by atoms with E-state index in [1.807, 2.05) is 42.9 Å². The summed E-state index contributed by atoms with van der Waals surface area (Å²) in [6.07, 6.45) is 9.32. The van der Waals surface area contributed by atoms with Crippen molar-refractivity contribution in [3.63, 3.8) is 0 Å². The maximum atomic E-state index is 5.37. The Labute approximate surface area is 265 Å². The summed E-state index contributed by atoms with van der Waals surface area (Å²) in [5.74, 6) is 0. The van der Waals surface area contributed by atoms with E-state index < -0.39 is 0 Å². The van der Waals surface area contributed by atoms with Gasteiger partial charge in [0.05, 0.1) is 16.7 Å². The van der Waals surface area contributed by atoms with Crippen LogP contribution in [0.15, 0.2) is 158 Å². The number of pyridine rings is 4. The van der Waals surface area contributed by atoms with Gasteiger partial charge >= 0.3 is 0 Å². The maximum Gasteiger partial charge on any atom is 0.0788 e. The van der Waals surface area contributed by atoms with Crippen molar-refractivity contribution in [1.82, 2.24) is 19.9 Å². The lowest BCUT2D eigenvalue weighted by atomic mass is 9.91. The summed E-state index contributed by atoms with van der Waals surface area (Å²) in [5, 5.41) is 6.86. The molecule has 0 radical (unpaired) electrons. The molecule has 4 heteroatoms. The van der Waals surface area contributed by atoms with E-state index in [0.717, 1.165) is 77.2 Å². The van der Waals surface area contributed by atoms with E-state index in [9.17, 15) is 0 Å². The largest absolute Gasteiger partial charge is 0.264 e. The molecule has 214 valence electrons. The summed E-state index contributed by atoms with van der Waals surface area (Å²) < 4.78 is 0. The first-order valence-corrected chi connectivity index (χ1v) is 15.4. The molecule has 46 heavy (non-hydrogen) atoms. The highest BCUT2D eigenvalue weighted by Gasteiger charge is 2.17. The van der Waals surface area contributed by atoms with Crippen molar-refractivity contribution in [2.75, 3.05) is 0 Å². The molecule has 9 aromatic rings. The third kappa shape index (κ3) is 4.39. The molecule has 0 N–H and O–H groups in total. The lowest BCUT2D eigenvalue weighted by Crippen LogP contribution is -1.93. The minimum Gasteiger partial charge on any atom is -0.264 e. The molecule has 0 saturated heterocycles. The molecule has 0 aliphatic rings. The second-order valence-electron chi connectivity index (χ2n) is 11.6. The Bertz CT molecular complexity index is 2510. The first-order chi connectivity index (χ1) is 22.8. The molecule has 0 unspecified atom stereocenters. The summed E-state index contributed by atoms with van der Waals surface area (Å²) in [5.41, 5.74) is 10.5. The minimum atomic E-state index is 0.944. The number of benzene rings is 5. The number of hydrogen-bond acceptors (Lipinski definition) is 4. The molecule has 0 amide bonds. The topological polar surface area (TPSA) is 51.6 Å². The van der Waals surface area contributed by atoms with Crippen LogP contribution in [0.2, 0.25) is 0 Å². The normalized spacial score (nSPS) is 11.5.